The molecule has 1 aliphatic heterocycles. The zero-order chi connectivity index (χ0) is 18.7. The van der Waals surface area contributed by atoms with Crippen molar-refractivity contribution in [3.63, 3.8) is 0 Å². The Balaban J connectivity index is 1.46. The van der Waals surface area contributed by atoms with Gasteiger partial charge in [-0.15, -0.1) is 0 Å². The van der Waals surface area contributed by atoms with Crippen LogP contribution in [0.2, 0.25) is 0 Å². The van der Waals surface area contributed by atoms with Gasteiger partial charge in [-0.1, -0.05) is 37.3 Å². The van der Waals surface area contributed by atoms with E-state index in [-0.39, 0.29) is 28.2 Å². The highest BCUT2D eigenvalue weighted by molar-refractivity contribution is 5.84. The lowest BCUT2D eigenvalue weighted by Gasteiger charge is -2.65. The summed E-state index contributed by atoms with van der Waals surface area (Å²) >= 11 is 0. The second-order valence-corrected chi connectivity index (χ2v) is 10.3. The van der Waals surface area contributed by atoms with Crippen LogP contribution < -0.4 is 10.6 Å². The van der Waals surface area contributed by atoms with Crippen molar-refractivity contribution in [3.8, 4) is 0 Å². The summed E-state index contributed by atoms with van der Waals surface area (Å²) in [5, 5.41) is 6.24. The summed E-state index contributed by atoms with van der Waals surface area (Å²) < 4.78 is 14.3. The Bertz CT molecular complexity index is 739. The number of hydrogen-bond donors (Lipinski definition) is 2. The molecular formula is C23H31FN2O. The molecule has 1 aromatic carbocycles. The molecule has 0 radical (unpaired) electrons. The van der Waals surface area contributed by atoms with E-state index in [4.69, 9.17) is 0 Å². The van der Waals surface area contributed by atoms with Crippen LogP contribution in [0.25, 0.3) is 0 Å². The van der Waals surface area contributed by atoms with Crippen molar-refractivity contribution in [3.05, 3.63) is 35.9 Å². The van der Waals surface area contributed by atoms with Gasteiger partial charge in [-0.25, -0.2) is 4.39 Å². The lowest BCUT2D eigenvalue weighted by molar-refractivity contribution is -0.161. The van der Waals surface area contributed by atoms with E-state index in [1.54, 1.807) is 0 Å². The van der Waals surface area contributed by atoms with E-state index >= 15 is 0 Å². The Morgan fingerprint density at radius 2 is 1.96 bits per heavy atom. The molecule has 4 aliphatic carbocycles. The molecule has 4 bridgehead atoms. The van der Waals surface area contributed by atoms with Gasteiger partial charge in [-0.2, -0.15) is 0 Å². The Morgan fingerprint density at radius 1 is 1.15 bits per heavy atom. The zero-order valence-electron chi connectivity index (χ0n) is 16.3. The molecule has 6 rings (SSSR count). The second-order valence-electron chi connectivity index (χ2n) is 10.3. The van der Waals surface area contributed by atoms with Crippen molar-refractivity contribution >= 4 is 5.91 Å². The second kappa shape index (κ2) is 6.04. The highest BCUT2D eigenvalue weighted by atomic mass is 19.1. The fourth-order valence-electron chi connectivity index (χ4n) is 7.59. The average molecular weight is 371 g/mol. The molecule has 1 saturated heterocycles. The number of amides is 1. The highest BCUT2D eigenvalue weighted by Gasteiger charge is 2.64. The normalized spacial score (nSPS) is 45.6. The van der Waals surface area contributed by atoms with Gasteiger partial charge in [0.15, 0.2) is 0 Å². The minimum absolute atomic E-state index is 0.121. The van der Waals surface area contributed by atoms with Crippen LogP contribution in [0, 0.1) is 16.7 Å². The predicted octanol–water partition coefficient (Wildman–Crippen LogP) is 3.73. The number of hydrogen-bond acceptors (Lipinski definition) is 2. The Hall–Kier alpha value is -1.42. The van der Waals surface area contributed by atoms with E-state index in [0.717, 1.165) is 25.8 Å². The molecule has 3 nitrogen and oxygen atoms in total. The van der Waals surface area contributed by atoms with E-state index in [1.807, 2.05) is 0 Å². The summed E-state index contributed by atoms with van der Waals surface area (Å²) in [5.41, 5.74) is 1.45. The van der Waals surface area contributed by atoms with Crippen molar-refractivity contribution in [1.82, 2.24) is 10.6 Å². The first-order valence-electron chi connectivity index (χ1n) is 10.6. The number of alkyl halides is 1. The molecule has 0 aromatic heterocycles. The monoisotopic (exact) mass is 370 g/mol. The molecule has 4 saturated carbocycles. The minimum Gasteiger partial charge on any atom is -0.350 e. The van der Waals surface area contributed by atoms with E-state index in [2.05, 4.69) is 47.9 Å². The molecule has 27 heavy (non-hydrogen) atoms. The first-order valence-corrected chi connectivity index (χ1v) is 10.6. The summed E-state index contributed by atoms with van der Waals surface area (Å²) in [5.74, 6) is 0.749. The minimum atomic E-state index is -0.977. The predicted molar refractivity (Wildman–Crippen MR) is 104 cm³/mol. The van der Waals surface area contributed by atoms with Crippen LogP contribution in [0.5, 0.6) is 0 Å². The van der Waals surface area contributed by atoms with Crippen LogP contribution in [-0.4, -0.2) is 31.2 Å². The first-order chi connectivity index (χ1) is 12.9. The number of nitrogens with one attached hydrogen (secondary N) is 2. The van der Waals surface area contributed by atoms with Crippen molar-refractivity contribution in [2.75, 3.05) is 13.1 Å². The lowest BCUT2D eigenvalue weighted by Crippen LogP contribution is -2.63. The smallest absolute Gasteiger partial charge is 0.226 e. The van der Waals surface area contributed by atoms with E-state index in [1.165, 1.54) is 24.8 Å². The molecule has 2 N–H and O–H groups in total. The summed E-state index contributed by atoms with van der Waals surface area (Å²) in [6.07, 6.45) is 6.25. The van der Waals surface area contributed by atoms with Crippen molar-refractivity contribution in [1.29, 1.82) is 0 Å². The molecule has 5 fully saturated rings. The SMILES string of the molecule is C[C@]12CC3CC(C(=O)N[C@H]4CCNC[C@@H]4F)(C1)C[C@@](c1ccccc1)(C3)C2. The zero-order valence-corrected chi connectivity index (χ0v) is 16.3. The number of halogens is 1. The fourth-order valence-corrected chi connectivity index (χ4v) is 7.59. The molecule has 6 atom stereocenters. The summed E-state index contributed by atoms with van der Waals surface area (Å²) in [7, 11) is 0. The van der Waals surface area contributed by atoms with E-state index in [9.17, 15) is 9.18 Å². The Labute approximate surface area is 161 Å². The summed E-state index contributed by atoms with van der Waals surface area (Å²) in [6, 6.07) is 10.5. The van der Waals surface area contributed by atoms with Crippen LogP contribution >= 0.6 is 0 Å². The first kappa shape index (κ1) is 17.7. The number of rotatable bonds is 3. The van der Waals surface area contributed by atoms with Crippen LogP contribution in [0.4, 0.5) is 4.39 Å². The van der Waals surface area contributed by atoms with Gasteiger partial charge >= 0.3 is 0 Å². The Morgan fingerprint density at radius 3 is 2.70 bits per heavy atom. The molecule has 1 aromatic rings. The van der Waals surface area contributed by atoms with Crippen molar-refractivity contribution in [2.45, 2.75) is 69.5 Å². The van der Waals surface area contributed by atoms with Gasteiger partial charge < -0.3 is 10.6 Å². The molecule has 4 heteroatoms. The fraction of sp³-hybridized carbons (Fsp3) is 0.696. The molecular weight excluding hydrogens is 339 g/mol. The summed E-state index contributed by atoms with van der Waals surface area (Å²) in [4.78, 5) is 13.5. The quantitative estimate of drug-likeness (QED) is 0.851. The summed E-state index contributed by atoms with van der Waals surface area (Å²) in [6.45, 7) is 3.53. The maximum Gasteiger partial charge on any atom is 0.226 e. The molecule has 5 aliphatic rings. The van der Waals surface area contributed by atoms with Gasteiger partial charge in [0.25, 0.3) is 0 Å². The van der Waals surface area contributed by atoms with Crippen LogP contribution in [0.3, 0.4) is 0 Å². The van der Waals surface area contributed by atoms with Crippen LogP contribution in [0.1, 0.15) is 57.4 Å². The Kier molecular flexibility index (Phi) is 3.95. The van der Waals surface area contributed by atoms with Crippen LogP contribution in [-0.2, 0) is 10.2 Å². The lowest BCUT2D eigenvalue weighted by atomic mass is 9.38. The van der Waals surface area contributed by atoms with Gasteiger partial charge in [0.05, 0.1) is 11.5 Å². The molecule has 0 spiro atoms. The average Bonchev–Trinajstić information content (AvgIpc) is 2.62. The molecule has 2 unspecified atom stereocenters. The third-order valence-electron chi connectivity index (χ3n) is 7.94. The maximum absolute atomic E-state index is 14.3. The third kappa shape index (κ3) is 2.83. The van der Waals surface area contributed by atoms with Gasteiger partial charge in [0.1, 0.15) is 6.17 Å². The van der Waals surface area contributed by atoms with Crippen molar-refractivity contribution < 1.29 is 9.18 Å². The number of piperidine rings is 1. The number of carbonyl (C=O) groups is 1. The van der Waals surface area contributed by atoms with Crippen LogP contribution in [0.15, 0.2) is 30.3 Å². The van der Waals surface area contributed by atoms with Gasteiger partial charge in [-0.3, -0.25) is 4.79 Å². The highest BCUT2D eigenvalue weighted by Crippen LogP contribution is 2.70. The largest absolute Gasteiger partial charge is 0.350 e. The van der Waals surface area contributed by atoms with E-state index < -0.39 is 6.17 Å². The topological polar surface area (TPSA) is 41.1 Å². The number of benzene rings is 1. The number of carbonyl (C=O) groups excluding carboxylic acids is 1. The van der Waals surface area contributed by atoms with Gasteiger partial charge in [0.2, 0.25) is 5.91 Å². The molecule has 1 amide bonds. The van der Waals surface area contributed by atoms with Gasteiger partial charge in [0, 0.05) is 6.54 Å². The van der Waals surface area contributed by atoms with Gasteiger partial charge in [-0.05, 0) is 73.8 Å². The maximum atomic E-state index is 14.3. The van der Waals surface area contributed by atoms with Crippen molar-refractivity contribution in [2.24, 2.45) is 16.7 Å². The van der Waals surface area contributed by atoms with E-state index in [0.29, 0.717) is 18.9 Å². The molecule has 1 heterocycles. The molecule has 146 valence electrons. The standard InChI is InChI=1S/C23H31FN2O/c1-21-9-16-10-22(13-21,17-5-3-2-4-6-17)15-23(11-16,14-21)20(27)26-19-7-8-25-12-18(19)24/h2-6,16,18-19,25H,7-15H2,1H3,(H,26,27)/t16?,18-,19-,21+,22+,23?/m0/s1. The third-order valence-corrected chi connectivity index (χ3v) is 7.94.